The second kappa shape index (κ2) is 13.4. The van der Waals surface area contributed by atoms with Crippen LogP contribution in [0, 0.1) is 6.92 Å². The molecule has 3 N–H and O–H groups in total. The van der Waals surface area contributed by atoms with Gasteiger partial charge >= 0.3 is 0 Å². The molecule has 0 spiro atoms. The molecule has 0 aliphatic carbocycles. The van der Waals surface area contributed by atoms with Gasteiger partial charge in [0.25, 0.3) is 11.8 Å². The number of amides is 3. The van der Waals surface area contributed by atoms with E-state index in [2.05, 4.69) is 25.8 Å². The minimum absolute atomic E-state index is 0.137. The summed E-state index contributed by atoms with van der Waals surface area (Å²) in [5, 5.41) is 9.75. The van der Waals surface area contributed by atoms with E-state index in [0.29, 0.717) is 47.2 Å². The fourth-order valence-electron chi connectivity index (χ4n) is 7.52. The molecule has 1 fully saturated rings. The molecule has 1 saturated heterocycles. The van der Waals surface area contributed by atoms with Gasteiger partial charge in [0.15, 0.2) is 11.6 Å². The monoisotopic (exact) mass is 683 g/mol. The topological polar surface area (TPSA) is 129 Å². The Morgan fingerprint density at radius 3 is 2.12 bits per heavy atom. The number of imidazole rings is 2. The quantitative estimate of drug-likeness (QED) is 0.276. The third-order valence-electron chi connectivity index (χ3n) is 10.4. The van der Waals surface area contributed by atoms with Crippen LogP contribution in [0.2, 0.25) is 5.02 Å². The van der Waals surface area contributed by atoms with Gasteiger partial charge in [-0.05, 0) is 43.0 Å². The van der Waals surface area contributed by atoms with Crippen molar-refractivity contribution in [2.75, 3.05) is 36.8 Å². The summed E-state index contributed by atoms with van der Waals surface area (Å²) in [4.78, 5) is 52.5. The molecule has 256 valence electrons. The van der Waals surface area contributed by atoms with Crippen LogP contribution in [-0.2, 0) is 44.8 Å². The maximum absolute atomic E-state index is 13.7. The number of carbonyl (C=O) groups is 3. The average Bonchev–Trinajstić information content (AvgIpc) is 3.62. The number of nitrogens with zero attached hydrogens (tertiary/aromatic N) is 6. The molecule has 7 rings (SSSR count). The number of piperidine rings is 1. The Hall–Kier alpha value is -4.52. The largest absolute Gasteiger partial charge is 0.343 e. The summed E-state index contributed by atoms with van der Waals surface area (Å²) in [5.41, 5.74) is 7.52. The lowest BCUT2D eigenvalue weighted by Gasteiger charge is -2.39. The van der Waals surface area contributed by atoms with Gasteiger partial charge < -0.3 is 30.0 Å². The van der Waals surface area contributed by atoms with Gasteiger partial charge in [-0.25, -0.2) is 9.97 Å². The highest BCUT2D eigenvalue weighted by molar-refractivity contribution is 6.36. The van der Waals surface area contributed by atoms with E-state index in [9.17, 15) is 14.4 Å². The predicted octanol–water partition coefficient (Wildman–Crippen LogP) is 4.30. The van der Waals surface area contributed by atoms with Gasteiger partial charge in [-0.1, -0.05) is 35.9 Å². The van der Waals surface area contributed by atoms with Crippen LogP contribution in [0.4, 0.5) is 11.4 Å². The molecule has 12 nitrogen and oxygen atoms in total. The number of carbonyl (C=O) groups excluding carboxylic acids is 3. The second-order valence-corrected chi connectivity index (χ2v) is 13.6. The molecular weight excluding hydrogens is 642 g/mol. The summed E-state index contributed by atoms with van der Waals surface area (Å²) < 4.78 is 3.77. The van der Waals surface area contributed by atoms with Crippen LogP contribution >= 0.6 is 11.6 Å². The number of rotatable bonds is 6. The fraction of sp³-hybridized carbons (Fsp3) is 0.417. The van der Waals surface area contributed by atoms with Crippen molar-refractivity contribution in [3.8, 4) is 11.1 Å². The molecule has 0 radical (unpaired) electrons. The third kappa shape index (κ3) is 6.24. The minimum atomic E-state index is -0.326. The van der Waals surface area contributed by atoms with Crippen molar-refractivity contribution in [1.29, 1.82) is 0 Å². The highest BCUT2D eigenvalue weighted by Crippen LogP contribution is 2.38. The SMILES string of the molecule is CC(=O)N1CCC(N2CCc3c(nc(C(=O)Nc4cccc(-c5cccc(NC(=O)c6nc7c(n6C)CCNC7)c5Cl)c4C)n3C)C2)CC1. The molecule has 49 heavy (non-hydrogen) atoms. The lowest BCUT2D eigenvalue weighted by molar-refractivity contribution is -0.130. The number of halogens is 1. The van der Waals surface area contributed by atoms with E-state index in [1.165, 1.54) is 0 Å². The van der Waals surface area contributed by atoms with Gasteiger partial charge in [0, 0.05) is 102 Å². The smallest absolute Gasteiger partial charge is 0.291 e. The van der Waals surface area contributed by atoms with E-state index in [1.807, 2.05) is 65.4 Å². The summed E-state index contributed by atoms with van der Waals surface area (Å²) in [7, 11) is 3.77. The lowest BCUT2D eigenvalue weighted by Crippen LogP contribution is -2.47. The number of anilines is 2. The van der Waals surface area contributed by atoms with E-state index in [-0.39, 0.29) is 17.7 Å². The molecule has 13 heteroatoms. The summed E-state index contributed by atoms with van der Waals surface area (Å²) in [6.07, 6.45) is 3.54. The molecule has 3 aliphatic heterocycles. The summed E-state index contributed by atoms with van der Waals surface area (Å²) in [6, 6.07) is 11.6. The van der Waals surface area contributed by atoms with Crippen molar-refractivity contribution in [3.05, 3.63) is 81.4 Å². The summed E-state index contributed by atoms with van der Waals surface area (Å²) in [5.74, 6) is 0.247. The normalized spacial score (nSPS) is 16.6. The number of fused-ring (bicyclic) bond motifs is 2. The Morgan fingerprint density at radius 1 is 0.837 bits per heavy atom. The molecular formula is C36H42ClN9O3. The number of hydrogen-bond acceptors (Lipinski definition) is 7. The van der Waals surface area contributed by atoms with E-state index < -0.39 is 0 Å². The van der Waals surface area contributed by atoms with Crippen LogP contribution in [0.5, 0.6) is 0 Å². The predicted molar refractivity (Wildman–Crippen MR) is 189 cm³/mol. The first kappa shape index (κ1) is 33.0. The van der Waals surface area contributed by atoms with Gasteiger partial charge in [-0.3, -0.25) is 19.3 Å². The van der Waals surface area contributed by atoms with Crippen LogP contribution in [0.15, 0.2) is 36.4 Å². The molecule has 0 unspecified atom stereocenters. The van der Waals surface area contributed by atoms with Crippen molar-refractivity contribution in [1.82, 2.24) is 34.2 Å². The van der Waals surface area contributed by atoms with Gasteiger partial charge in [-0.15, -0.1) is 0 Å². The number of benzene rings is 2. The van der Waals surface area contributed by atoms with Crippen LogP contribution in [0.3, 0.4) is 0 Å². The Labute approximate surface area is 290 Å². The third-order valence-corrected chi connectivity index (χ3v) is 10.8. The highest BCUT2D eigenvalue weighted by atomic mass is 35.5. The van der Waals surface area contributed by atoms with Gasteiger partial charge in [0.2, 0.25) is 5.91 Å². The van der Waals surface area contributed by atoms with Crippen LogP contribution in [0.25, 0.3) is 11.1 Å². The van der Waals surface area contributed by atoms with E-state index in [4.69, 9.17) is 16.6 Å². The zero-order valence-electron chi connectivity index (χ0n) is 28.4. The Kier molecular flexibility index (Phi) is 9.03. The molecule has 3 aliphatic rings. The summed E-state index contributed by atoms with van der Waals surface area (Å²) >= 11 is 6.94. The maximum atomic E-state index is 13.7. The molecule has 0 atom stereocenters. The molecule has 0 saturated carbocycles. The zero-order valence-corrected chi connectivity index (χ0v) is 29.2. The molecule has 4 aromatic rings. The highest BCUT2D eigenvalue weighted by Gasteiger charge is 2.32. The number of aromatic nitrogens is 4. The van der Waals surface area contributed by atoms with Crippen LogP contribution in [0.1, 0.15) is 69.3 Å². The van der Waals surface area contributed by atoms with E-state index in [1.54, 1.807) is 13.0 Å². The van der Waals surface area contributed by atoms with Crippen LogP contribution < -0.4 is 16.0 Å². The van der Waals surface area contributed by atoms with Crippen molar-refractivity contribution >= 4 is 40.7 Å². The Bertz CT molecular complexity index is 1960. The van der Waals surface area contributed by atoms with Crippen LogP contribution in [-0.4, -0.2) is 78.8 Å². The molecule has 5 heterocycles. The number of hydrogen-bond donors (Lipinski definition) is 3. The average molecular weight is 684 g/mol. The minimum Gasteiger partial charge on any atom is -0.343 e. The first-order valence-corrected chi connectivity index (χ1v) is 17.3. The molecule has 2 aromatic carbocycles. The molecule has 3 amide bonds. The van der Waals surface area contributed by atoms with Crippen molar-refractivity contribution in [2.24, 2.45) is 14.1 Å². The van der Waals surface area contributed by atoms with Gasteiger partial charge in [0.1, 0.15) is 0 Å². The zero-order chi connectivity index (χ0) is 34.4. The summed E-state index contributed by atoms with van der Waals surface area (Å²) in [6.45, 7) is 8.24. The first-order chi connectivity index (χ1) is 23.6. The first-order valence-electron chi connectivity index (χ1n) is 16.9. The van der Waals surface area contributed by atoms with Crippen molar-refractivity contribution in [3.63, 3.8) is 0 Å². The second-order valence-electron chi connectivity index (χ2n) is 13.2. The lowest BCUT2D eigenvalue weighted by atomic mass is 9.98. The Balaban J connectivity index is 1.07. The van der Waals surface area contributed by atoms with Crippen molar-refractivity contribution < 1.29 is 14.4 Å². The number of nitrogens with one attached hydrogen (secondary N) is 3. The van der Waals surface area contributed by atoms with Crippen molar-refractivity contribution in [2.45, 2.75) is 58.7 Å². The van der Waals surface area contributed by atoms with E-state index >= 15 is 0 Å². The maximum Gasteiger partial charge on any atom is 0.291 e. The molecule has 0 bridgehead atoms. The standard InChI is InChI=1S/C36H42ClN9O3/c1-21-24(25-8-6-10-27(32(25)37)42-36(49)33-39-28-19-38-15-11-30(28)43(33)3)7-5-9-26(21)41-35(48)34-40-29-20-46(18-14-31(29)44(34)4)23-12-16-45(17-13-23)22(2)47/h5-10,23,38H,11-20H2,1-4H3,(H,41,48)(H,42,49). The van der Waals surface area contributed by atoms with Gasteiger partial charge in [-0.2, -0.15) is 0 Å². The fourth-order valence-corrected chi connectivity index (χ4v) is 7.80. The number of likely N-dealkylation sites (tertiary alicyclic amines) is 1. The molecule has 2 aromatic heterocycles. The van der Waals surface area contributed by atoms with Gasteiger partial charge in [0.05, 0.1) is 22.1 Å². The Morgan fingerprint density at radius 2 is 1.45 bits per heavy atom. The van der Waals surface area contributed by atoms with E-state index in [0.717, 1.165) is 91.3 Å².